The van der Waals surface area contributed by atoms with E-state index in [4.69, 9.17) is 4.74 Å². The number of hydrogen-bond donors (Lipinski definition) is 0. The SMILES string of the molecule is CCCCCC(C)C(=O)OC(Br)c1ccccc1. The minimum absolute atomic E-state index is 0.0275. The normalized spacial score (nSPS) is 13.9. The van der Waals surface area contributed by atoms with E-state index in [1.807, 2.05) is 37.3 Å². The second kappa shape index (κ2) is 8.30. The first-order valence-electron chi connectivity index (χ1n) is 6.54. The Labute approximate surface area is 118 Å². The molecule has 0 aliphatic heterocycles. The Morgan fingerprint density at radius 3 is 2.56 bits per heavy atom. The molecular weight excluding hydrogens is 292 g/mol. The quantitative estimate of drug-likeness (QED) is 0.409. The van der Waals surface area contributed by atoms with E-state index >= 15 is 0 Å². The lowest BCUT2D eigenvalue weighted by Gasteiger charge is -2.15. The van der Waals surface area contributed by atoms with E-state index in [-0.39, 0.29) is 16.9 Å². The molecule has 100 valence electrons. The number of halogens is 1. The van der Waals surface area contributed by atoms with Gasteiger partial charge in [-0.3, -0.25) is 4.79 Å². The van der Waals surface area contributed by atoms with Crippen molar-refractivity contribution in [2.24, 2.45) is 5.92 Å². The Kier molecular flexibility index (Phi) is 7.02. The van der Waals surface area contributed by atoms with Crippen LogP contribution in [0.15, 0.2) is 30.3 Å². The first-order valence-corrected chi connectivity index (χ1v) is 7.46. The van der Waals surface area contributed by atoms with Crippen molar-refractivity contribution in [2.45, 2.75) is 44.5 Å². The summed E-state index contributed by atoms with van der Waals surface area (Å²) in [5.74, 6) is -0.155. The Hall–Kier alpha value is -0.830. The second-order valence-electron chi connectivity index (χ2n) is 4.56. The number of rotatable bonds is 7. The number of hydrogen-bond acceptors (Lipinski definition) is 2. The van der Waals surface area contributed by atoms with Crippen LogP contribution in [0.2, 0.25) is 0 Å². The molecule has 0 amide bonds. The van der Waals surface area contributed by atoms with Gasteiger partial charge in [0.1, 0.15) is 0 Å². The first-order chi connectivity index (χ1) is 8.65. The smallest absolute Gasteiger partial charge is 0.310 e. The number of carbonyl (C=O) groups excluding carboxylic acids is 1. The summed E-state index contributed by atoms with van der Waals surface area (Å²) in [6, 6.07) is 9.69. The predicted octanol–water partition coefficient (Wildman–Crippen LogP) is 4.84. The Morgan fingerprint density at radius 2 is 1.94 bits per heavy atom. The maximum atomic E-state index is 11.9. The zero-order valence-electron chi connectivity index (χ0n) is 11.1. The van der Waals surface area contributed by atoms with Crippen molar-refractivity contribution < 1.29 is 9.53 Å². The van der Waals surface area contributed by atoms with E-state index < -0.39 is 0 Å². The maximum Gasteiger partial charge on any atom is 0.310 e. The van der Waals surface area contributed by atoms with Gasteiger partial charge in [0.05, 0.1) is 5.92 Å². The lowest BCUT2D eigenvalue weighted by atomic mass is 10.0. The molecule has 2 unspecified atom stereocenters. The summed E-state index contributed by atoms with van der Waals surface area (Å²) >= 11 is 3.39. The molecule has 0 radical (unpaired) electrons. The molecule has 2 atom stereocenters. The van der Waals surface area contributed by atoms with Crippen LogP contribution in [-0.4, -0.2) is 5.97 Å². The third-order valence-corrected chi connectivity index (χ3v) is 3.64. The molecule has 0 aliphatic rings. The number of alkyl halides is 1. The summed E-state index contributed by atoms with van der Waals surface area (Å²) in [4.78, 5) is 11.9. The minimum Gasteiger partial charge on any atom is -0.446 e. The summed E-state index contributed by atoms with van der Waals surface area (Å²) < 4.78 is 5.41. The van der Waals surface area contributed by atoms with Gasteiger partial charge in [-0.2, -0.15) is 0 Å². The number of esters is 1. The summed E-state index contributed by atoms with van der Waals surface area (Å²) in [6.07, 6.45) is 4.34. The number of unbranched alkanes of at least 4 members (excludes halogenated alkanes) is 2. The van der Waals surface area contributed by atoms with Gasteiger partial charge in [-0.25, -0.2) is 0 Å². The van der Waals surface area contributed by atoms with E-state index in [0.717, 1.165) is 18.4 Å². The number of carbonyl (C=O) groups is 1. The summed E-state index contributed by atoms with van der Waals surface area (Å²) in [7, 11) is 0. The number of benzene rings is 1. The van der Waals surface area contributed by atoms with Gasteiger partial charge in [0.15, 0.2) is 5.01 Å². The highest BCUT2D eigenvalue weighted by Crippen LogP contribution is 2.25. The van der Waals surface area contributed by atoms with E-state index in [1.165, 1.54) is 12.8 Å². The molecule has 0 aromatic heterocycles. The topological polar surface area (TPSA) is 26.3 Å². The third kappa shape index (κ3) is 5.21. The van der Waals surface area contributed by atoms with Crippen LogP contribution in [-0.2, 0) is 9.53 Å². The molecule has 0 heterocycles. The molecule has 0 aliphatic carbocycles. The third-order valence-electron chi connectivity index (χ3n) is 2.92. The molecule has 3 heteroatoms. The summed E-state index contributed by atoms with van der Waals surface area (Å²) in [5.41, 5.74) is 0.964. The molecule has 0 spiro atoms. The lowest BCUT2D eigenvalue weighted by Crippen LogP contribution is -2.16. The van der Waals surface area contributed by atoms with Crippen molar-refractivity contribution in [3.05, 3.63) is 35.9 Å². The van der Waals surface area contributed by atoms with Gasteiger partial charge in [0.25, 0.3) is 0 Å². The summed E-state index contributed by atoms with van der Waals surface area (Å²) in [5, 5.41) is -0.347. The van der Waals surface area contributed by atoms with E-state index in [2.05, 4.69) is 22.9 Å². The molecule has 1 aromatic carbocycles. The Bertz CT molecular complexity index is 351. The molecule has 0 fully saturated rings. The average molecular weight is 313 g/mol. The van der Waals surface area contributed by atoms with Crippen LogP contribution in [0.25, 0.3) is 0 Å². The first kappa shape index (κ1) is 15.2. The standard InChI is InChI=1S/C15H21BrO2/c1-3-4-6-9-12(2)15(17)18-14(16)13-10-7-5-8-11-13/h5,7-8,10-12,14H,3-4,6,9H2,1-2H3. The minimum atomic E-state index is -0.347. The monoisotopic (exact) mass is 312 g/mol. The molecule has 1 rings (SSSR count). The zero-order valence-corrected chi connectivity index (χ0v) is 12.7. The van der Waals surface area contributed by atoms with Crippen LogP contribution in [0.4, 0.5) is 0 Å². The summed E-state index contributed by atoms with van der Waals surface area (Å²) in [6.45, 7) is 4.09. The highest BCUT2D eigenvalue weighted by atomic mass is 79.9. The van der Waals surface area contributed by atoms with Gasteiger partial charge < -0.3 is 4.74 Å². The molecule has 18 heavy (non-hydrogen) atoms. The van der Waals surface area contributed by atoms with Crippen LogP contribution in [0, 0.1) is 5.92 Å². The molecule has 0 N–H and O–H groups in total. The molecular formula is C15H21BrO2. The van der Waals surface area contributed by atoms with Crippen molar-refractivity contribution in [1.29, 1.82) is 0 Å². The van der Waals surface area contributed by atoms with Crippen LogP contribution >= 0.6 is 15.9 Å². The largest absolute Gasteiger partial charge is 0.446 e. The van der Waals surface area contributed by atoms with Crippen molar-refractivity contribution in [2.75, 3.05) is 0 Å². The lowest BCUT2D eigenvalue weighted by molar-refractivity contribution is -0.149. The fraction of sp³-hybridized carbons (Fsp3) is 0.533. The van der Waals surface area contributed by atoms with Gasteiger partial charge in [-0.1, -0.05) is 63.4 Å². The van der Waals surface area contributed by atoms with E-state index in [0.29, 0.717) is 0 Å². The molecule has 0 saturated carbocycles. The Balaban J connectivity index is 2.39. The predicted molar refractivity (Wildman–Crippen MR) is 77.5 cm³/mol. The van der Waals surface area contributed by atoms with Crippen molar-refractivity contribution in [1.82, 2.24) is 0 Å². The fourth-order valence-electron chi connectivity index (χ4n) is 1.71. The second-order valence-corrected chi connectivity index (χ2v) is 5.39. The average Bonchev–Trinajstić information content (AvgIpc) is 2.39. The van der Waals surface area contributed by atoms with Crippen molar-refractivity contribution >= 4 is 21.9 Å². The van der Waals surface area contributed by atoms with Crippen molar-refractivity contribution in [3.8, 4) is 0 Å². The highest BCUT2D eigenvalue weighted by Gasteiger charge is 2.18. The number of ether oxygens (including phenoxy) is 1. The van der Waals surface area contributed by atoms with Crippen LogP contribution in [0.5, 0.6) is 0 Å². The van der Waals surface area contributed by atoms with Gasteiger partial charge in [-0.15, -0.1) is 0 Å². The molecule has 0 bridgehead atoms. The van der Waals surface area contributed by atoms with Crippen molar-refractivity contribution in [3.63, 3.8) is 0 Å². The van der Waals surface area contributed by atoms with Gasteiger partial charge in [-0.05, 0) is 22.4 Å². The van der Waals surface area contributed by atoms with Crippen LogP contribution < -0.4 is 0 Å². The van der Waals surface area contributed by atoms with E-state index in [1.54, 1.807) is 0 Å². The Morgan fingerprint density at radius 1 is 1.28 bits per heavy atom. The zero-order chi connectivity index (χ0) is 13.4. The van der Waals surface area contributed by atoms with Gasteiger partial charge >= 0.3 is 5.97 Å². The maximum absolute atomic E-state index is 11.9. The van der Waals surface area contributed by atoms with Gasteiger partial charge in [0, 0.05) is 5.56 Å². The fourth-order valence-corrected chi connectivity index (χ4v) is 2.20. The molecule has 0 saturated heterocycles. The van der Waals surface area contributed by atoms with Crippen LogP contribution in [0.1, 0.15) is 50.1 Å². The van der Waals surface area contributed by atoms with E-state index in [9.17, 15) is 4.79 Å². The van der Waals surface area contributed by atoms with Gasteiger partial charge in [0.2, 0.25) is 0 Å². The van der Waals surface area contributed by atoms with Crippen LogP contribution in [0.3, 0.4) is 0 Å². The molecule has 1 aromatic rings. The molecule has 2 nitrogen and oxygen atoms in total. The highest BCUT2D eigenvalue weighted by molar-refractivity contribution is 9.09.